The summed E-state index contributed by atoms with van der Waals surface area (Å²) in [7, 11) is 0. The Morgan fingerprint density at radius 1 is 1.07 bits per heavy atom. The van der Waals surface area contributed by atoms with E-state index >= 15 is 0 Å². The second-order valence-corrected chi connectivity index (χ2v) is 5.75. The highest BCUT2D eigenvalue weighted by molar-refractivity contribution is 5.96. The molecule has 0 aliphatic carbocycles. The number of oxazole rings is 1. The van der Waals surface area contributed by atoms with Crippen LogP contribution >= 0.6 is 0 Å². The average molecular weight is 361 g/mol. The molecule has 0 aliphatic heterocycles. The van der Waals surface area contributed by atoms with E-state index < -0.39 is 5.97 Å². The molecule has 0 spiro atoms. The van der Waals surface area contributed by atoms with Gasteiger partial charge in [0, 0.05) is 5.56 Å². The van der Waals surface area contributed by atoms with Gasteiger partial charge in [-0.25, -0.2) is 9.78 Å². The number of aryl methyl sites for hydroxylation is 1. The number of esters is 1. The summed E-state index contributed by atoms with van der Waals surface area (Å²) in [5.74, 6) is 1.15. The molecule has 4 rings (SSSR count). The first-order chi connectivity index (χ1) is 13.2. The number of carbonyl (C=O) groups is 1. The molecule has 0 aliphatic rings. The molecule has 0 N–H and O–H groups in total. The molecular weight excluding hydrogens is 346 g/mol. The lowest BCUT2D eigenvalue weighted by atomic mass is 10.1. The van der Waals surface area contributed by atoms with Crippen LogP contribution in [-0.4, -0.2) is 21.1 Å². The van der Waals surface area contributed by atoms with Crippen LogP contribution in [0.5, 0.6) is 0 Å². The van der Waals surface area contributed by atoms with Gasteiger partial charge in [-0.1, -0.05) is 47.6 Å². The summed E-state index contributed by atoms with van der Waals surface area (Å²) in [4.78, 5) is 20.8. The number of nitrogens with zero attached hydrogens (tertiary/aromatic N) is 3. The molecule has 0 saturated heterocycles. The third-order valence-corrected chi connectivity index (χ3v) is 3.84. The maximum Gasteiger partial charge on any atom is 0.339 e. The molecular formula is C20H15N3O4. The zero-order valence-electron chi connectivity index (χ0n) is 14.5. The molecule has 0 unspecified atom stereocenters. The summed E-state index contributed by atoms with van der Waals surface area (Å²) in [6, 6.07) is 16.6. The largest absolute Gasteiger partial charge is 0.452 e. The molecule has 4 aromatic rings. The summed E-state index contributed by atoms with van der Waals surface area (Å²) in [6.45, 7) is 1.59. The predicted molar refractivity (Wildman–Crippen MR) is 95.5 cm³/mol. The lowest BCUT2D eigenvalue weighted by molar-refractivity contribution is 0.0430. The molecule has 2 aromatic carbocycles. The molecule has 0 atom stereocenters. The van der Waals surface area contributed by atoms with Gasteiger partial charge in [0.25, 0.3) is 5.89 Å². The predicted octanol–water partition coefficient (Wildman–Crippen LogP) is 4.06. The van der Waals surface area contributed by atoms with Gasteiger partial charge in [0.2, 0.25) is 5.89 Å². The van der Waals surface area contributed by atoms with E-state index in [0.29, 0.717) is 28.6 Å². The van der Waals surface area contributed by atoms with E-state index in [9.17, 15) is 4.79 Å². The van der Waals surface area contributed by atoms with Crippen LogP contribution in [-0.2, 0) is 11.3 Å². The van der Waals surface area contributed by atoms with Crippen LogP contribution in [0.3, 0.4) is 0 Å². The first kappa shape index (κ1) is 16.7. The lowest BCUT2D eigenvalue weighted by Gasteiger charge is -2.06. The second-order valence-electron chi connectivity index (χ2n) is 5.75. The van der Waals surface area contributed by atoms with Gasteiger partial charge in [-0.05, 0) is 19.1 Å². The molecule has 2 aromatic heterocycles. The Morgan fingerprint density at radius 3 is 2.63 bits per heavy atom. The summed E-state index contributed by atoms with van der Waals surface area (Å²) >= 11 is 0. The number of hydrogen-bond donors (Lipinski definition) is 0. The van der Waals surface area contributed by atoms with Crippen LogP contribution in [0.25, 0.3) is 22.8 Å². The molecule has 7 heteroatoms. The highest BCUT2D eigenvalue weighted by Crippen LogP contribution is 2.28. The van der Waals surface area contributed by atoms with Gasteiger partial charge >= 0.3 is 5.97 Å². The fourth-order valence-electron chi connectivity index (χ4n) is 2.59. The topological polar surface area (TPSA) is 91.2 Å². The summed E-state index contributed by atoms with van der Waals surface area (Å²) < 4.78 is 16.1. The van der Waals surface area contributed by atoms with Crippen molar-refractivity contribution in [2.75, 3.05) is 0 Å². The average Bonchev–Trinajstić information content (AvgIpc) is 3.36. The molecule has 27 heavy (non-hydrogen) atoms. The van der Waals surface area contributed by atoms with Crippen molar-refractivity contribution in [3.05, 3.63) is 78.1 Å². The summed E-state index contributed by atoms with van der Waals surface area (Å²) in [5.41, 5.74) is 1.80. The fraction of sp³-hybridized carbons (Fsp3) is 0.100. The Labute approximate surface area is 154 Å². The van der Waals surface area contributed by atoms with E-state index in [1.807, 2.05) is 30.3 Å². The smallest absolute Gasteiger partial charge is 0.339 e. The Morgan fingerprint density at radius 2 is 1.85 bits per heavy atom. The Balaban J connectivity index is 1.58. The van der Waals surface area contributed by atoms with E-state index in [0.717, 1.165) is 5.56 Å². The van der Waals surface area contributed by atoms with Crippen molar-refractivity contribution < 1.29 is 18.5 Å². The van der Waals surface area contributed by atoms with E-state index in [2.05, 4.69) is 15.1 Å². The van der Waals surface area contributed by atoms with Crippen molar-refractivity contribution in [3.63, 3.8) is 0 Å². The minimum absolute atomic E-state index is 0.102. The molecule has 7 nitrogen and oxygen atoms in total. The van der Waals surface area contributed by atoms with E-state index in [4.69, 9.17) is 13.7 Å². The summed E-state index contributed by atoms with van der Waals surface area (Å²) in [5, 5.41) is 3.66. The fourth-order valence-corrected chi connectivity index (χ4v) is 2.59. The quantitative estimate of drug-likeness (QED) is 0.495. The van der Waals surface area contributed by atoms with Crippen LogP contribution in [0.2, 0.25) is 0 Å². The minimum Gasteiger partial charge on any atom is -0.452 e. The number of benzene rings is 2. The van der Waals surface area contributed by atoms with Gasteiger partial charge in [0.1, 0.15) is 0 Å². The van der Waals surface area contributed by atoms with Crippen LogP contribution < -0.4 is 0 Å². The zero-order chi connectivity index (χ0) is 18.6. The van der Waals surface area contributed by atoms with Crippen LogP contribution in [0.1, 0.15) is 22.1 Å². The van der Waals surface area contributed by atoms with E-state index in [-0.39, 0.29) is 12.5 Å². The third kappa shape index (κ3) is 3.62. The molecule has 0 bridgehead atoms. The first-order valence-corrected chi connectivity index (χ1v) is 8.27. The van der Waals surface area contributed by atoms with Crippen molar-refractivity contribution in [1.82, 2.24) is 15.1 Å². The van der Waals surface area contributed by atoms with Crippen LogP contribution in [0.15, 0.2) is 69.7 Å². The SMILES string of the molecule is Cc1noc(COC(=O)c2ccccc2-c2ncc(-c3ccccc3)o2)n1. The molecule has 0 fully saturated rings. The van der Waals surface area contributed by atoms with Gasteiger partial charge < -0.3 is 13.7 Å². The highest BCUT2D eigenvalue weighted by atomic mass is 16.6. The first-order valence-electron chi connectivity index (χ1n) is 8.27. The van der Waals surface area contributed by atoms with Gasteiger partial charge in [-0.15, -0.1) is 0 Å². The van der Waals surface area contributed by atoms with Gasteiger partial charge in [-0.3, -0.25) is 0 Å². The number of hydrogen-bond acceptors (Lipinski definition) is 7. The molecule has 0 saturated carbocycles. The lowest BCUT2D eigenvalue weighted by Crippen LogP contribution is -2.07. The Kier molecular flexibility index (Phi) is 4.49. The van der Waals surface area contributed by atoms with Crippen molar-refractivity contribution in [2.24, 2.45) is 0 Å². The van der Waals surface area contributed by atoms with Crippen molar-refractivity contribution >= 4 is 5.97 Å². The maximum absolute atomic E-state index is 12.5. The van der Waals surface area contributed by atoms with Crippen LogP contribution in [0, 0.1) is 6.92 Å². The monoisotopic (exact) mass is 361 g/mol. The van der Waals surface area contributed by atoms with Crippen LogP contribution in [0.4, 0.5) is 0 Å². The van der Waals surface area contributed by atoms with Gasteiger partial charge in [0.05, 0.1) is 17.3 Å². The van der Waals surface area contributed by atoms with E-state index in [1.54, 1.807) is 37.4 Å². The number of aromatic nitrogens is 3. The Hall–Kier alpha value is -3.74. The number of ether oxygens (including phenoxy) is 1. The number of carbonyl (C=O) groups excluding carboxylic acids is 1. The molecule has 0 amide bonds. The zero-order valence-corrected chi connectivity index (χ0v) is 14.5. The number of rotatable bonds is 5. The molecule has 0 radical (unpaired) electrons. The molecule has 134 valence electrons. The Bertz CT molecular complexity index is 1070. The van der Waals surface area contributed by atoms with Gasteiger partial charge in [0.15, 0.2) is 18.2 Å². The van der Waals surface area contributed by atoms with Crippen molar-refractivity contribution in [3.8, 4) is 22.8 Å². The van der Waals surface area contributed by atoms with E-state index in [1.165, 1.54) is 0 Å². The maximum atomic E-state index is 12.5. The standard InChI is InChI=1S/C20H15N3O4/c1-13-22-18(27-23-13)12-25-20(24)16-10-6-5-9-15(16)19-21-11-17(26-19)14-7-3-2-4-8-14/h2-11H,12H2,1H3. The highest BCUT2D eigenvalue weighted by Gasteiger charge is 2.19. The minimum atomic E-state index is -0.527. The summed E-state index contributed by atoms with van der Waals surface area (Å²) in [6.07, 6.45) is 1.63. The van der Waals surface area contributed by atoms with Gasteiger partial charge in [-0.2, -0.15) is 4.98 Å². The van der Waals surface area contributed by atoms with Crippen molar-refractivity contribution in [1.29, 1.82) is 0 Å². The third-order valence-electron chi connectivity index (χ3n) is 3.84. The normalized spacial score (nSPS) is 10.7. The van der Waals surface area contributed by atoms with Crippen molar-refractivity contribution in [2.45, 2.75) is 13.5 Å². The second kappa shape index (κ2) is 7.25. The molecule has 2 heterocycles.